The van der Waals surface area contributed by atoms with Crippen LogP contribution in [0, 0.1) is 17.5 Å². The van der Waals surface area contributed by atoms with Crippen LogP contribution in [0.5, 0.6) is 5.75 Å². The molecule has 1 aromatic heterocycles. The van der Waals surface area contributed by atoms with Gasteiger partial charge in [-0.1, -0.05) is 23.9 Å². The number of anilines is 1. The van der Waals surface area contributed by atoms with Crippen LogP contribution in [0.4, 0.5) is 18.9 Å². The van der Waals surface area contributed by atoms with E-state index in [0.29, 0.717) is 23.2 Å². The number of ether oxygens (including phenoxy) is 1. The number of tetrazole rings is 1. The number of hydrogen-bond donors (Lipinski definition) is 1. The summed E-state index contributed by atoms with van der Waals surface area (Å²) in [4.78, 5) is 12.1. The number of rotatable bonds is 7. The molecule has 1 amide bonds. The zero-order valence-electron chi connectivity index (χ0n) is 14.5. The van der Waals surface area contributed by atoms with Gasteiger partial charge in [-0.2, -0.15) is 4.68 Å². The second-order valence-electron chi connectivity index (χ2n) is 5.33. The zero-order chi connectivity index (χ0) is 20.1. The zero-order valence-corrected chi connectivity index (χ0v) is 15.3. The van der Waals surface area contributed by atoms with Crippen molar-refractivity contribution < 1.29 is 22.7 Å². The average molecular weight is 409 g/mol. The Balaban J connectivity index is 1.71. The van der Waals surface area contributed by atoms with Crippen LogP contribution in [0.15, 0.2) is 41.6 Å². The molecule has 7 nitrogen and oxygen atoms in total. The van der Waals surface area contributed by atoms with Gasteiger partial charge in [-0.15, -0.1) is 5.10 Å². The number of nitrogens with one attached hydrogen (secondary N) is 1. The topological polar surface area (TPSA) is 81.9 Å². The van der Waals surface area contributed by atoms with Crippen molar-refractivity contribution >= 4 is 23.4 Å². The number of amides is 1. The van der Waals surface area contributed by atoms with E-state index in [9.17, 15) is 18.0 Å². The second-order valence-corrected chi connectivity index (χ2v) is 6.28. The lowest BCUT2D eigenvalue weighted by atomic mass is 10.3. The monoisotopic (exact) mass is 409 g/mol. The highest BCUT2D eigenvalue weighted by molar-refractivity contribution is 7.99. The molecule has 0 saturated heterocycles. The van der Waals surface area contributed by atoms with Gasteiger partial charge in [0.15, 0.2) is 17.5 Å². The van der Waals surface area contributed by atoms with Crippen molar-refractivity contribution in [1.82, 2.24) is 20.2 Å². The van der Waals surface area contributed by atoms with Gasteiger partial charge in [-0.05, 0) is 41.6 Å². The van der Waals surface area contributed by atoms with Gasteiger partial charge in [0.25, 0.3) is 0 Å². The third-order valence-electron chi connectivity index (χ3n) is 3.48. The summed E-state index contributed by atoms with van der Waals surface area (Å²) < 4.78 is 46.8. The lowest BCUT2D eigenvalue weighted by Gasteiger charge is -2.10. The molecule has 146 valence electrons. The first-order valence-electron chi connectivity index (χ1n) is 8.08. The maximum atomic E-state index is 13.7. The number of carbonyl (C=O) groups is 1. The fourth-order valence-corrected chi connectivity index (χ4v) is 2.95. The molecule has 0 unspecified atom stereocenters. The average Bonchev–Trinajstić information content (AvgIpc) is 3.16. The predicted octanol–water partition coefficient (Wildman–Crippen LogP) is 3.21. The minimum Gasteiger partial charge on any atom is -0.492 e. The molecule has 0 saturated carbocycles. The molecule has 0 bridgehead atoms. The molecule has 0 atom stereocenters. The van der Waals surface area contributed by atoms with Gasteiger partial charge in [0.2, 0.25) is 11.1 Å². The summed E-state index contributed by atoms with van der Waals surface area (Å²) in [5, 5.41) is 13.8. The molecule has 0 aliphatic carbocycles. The summed E-state index contributed by atoms with van der Waals surface area (Å²) in [6.07, 6.45) is 0. The van der Waals surface area contributed by atoms with E-state index < -0.39 is 29.0 Å². The molecule has 0 fully saturated rings. The fraction of sp³-hybridized carbons (Fsp3) is 0.176. The summed E-state index contributed by atoms with van der Waals surface area (Å²) in [6, 6.07) is 8.77. The van der Waals surface area contributed by atoms with Gasteiger partial charge < -0.3 is 10.1 Å². The highest BCUT2D eigenvalue weighted by Gasteiger charge is 2.17. The Kier molecular flexibility index (Phi) is 6.14. The number of benzene rings is 2. The van der Waals surface area contributed by atoms with Crippen molar-refractivity contribution in [3.8, 4) is 11.4 Å². The molecule has 3 aromatic rings. The third kappa shape index (κ3) is 4.25. The van der Waals surface area contributed by atoms with Crippen LogP contribution in [0.25, 0.3) is 5.69 Å². The highest BCUT2D eigenvalue weighted by atomic mass is 32.2. The van der Waals surface area contributed by atoms with Crippen LogP contribution in [0.3, 0.4) is 0 Å². The van der Waals surface area contributed by atoms with E-state index in [1.54, 1.807) is 24.3 Å². The standard InChI is InChI=1S/C17H14F3N5O2S/c1-2-27-13-6-4-3-5-12(13)25-17(22-23-24-25)28-9-14(26)21-11-8-7-10(18)15(19)16(11)20/h3-8H,2,9H2,1H3,(H,21,26). The minimum absolute atomic E-state index is 0.185. The lowest BCUT2D eigenvalue weighted by Crippen LogP contribution is -2.16. The van der Waals surface area contributed by atoms with Gasteiger partial charge in [-0.3, -0.25) is 4.79 Å². The molecule has 0 aliphatic rings. The number of para-hydroxylation sites is 2. The SMILES string of the molecule is CCOc1ccccc1-n1nnnc1SCC(=O)Nc1ccc(F)c(F)c1F. The second kappa shape index (κ2) is 8.74. The van der Waals surface area contributed by atoms with Crippen LogP contribution in [-0.4, -0.2) is 38.5 Å². The first-order chi connectivity index (χ1) is 13.5. The van der Waals surface area contributed by atoms with Crippen molar-refractivity contribution in [1.29, 1.82) is 0 Å². The van der Waals surface area contributed by atoms with Crippen LogP contribution in [0.1, 0.15) is 6.92 Å². The Morgan fingerprint density at radius 1 is 1.18 bits per heavy atom. The van der Waals surface area contributed by atoms with Gasteiger partial charge >= 0.3 is 0 Å². The Morgan fingerprint density at radius 3 is 2.75 bits per heavy atom. The summed E-state index contributed by atoms with van der Waals surface area (Å²) >= 11 is 0.985. The predicted molar refractivity (Wildman–Crippen MR) is 96.0 cm³/mol. The molecular weight excluding hydrogens is 395 g/mol. The quantitative estimate of drug-likeness (QED) is 0.477. The molecular formula is C17H14F3N5O2S. The largest absolute Gasteiger partial charge is 0.492 e. The fourth-order valence-electron chi connectivity index (χ4n) is 2.27. The van der Waals surface area contributed by atoms with E-state index in [2.05, 4.69) is 20.8 Å². The molecule has 0 radical (unpaired) electrons. The van der Waals surface area contributed by atoms with E-state index >= 15 is 0 Å². The van der Waals surface area contributed by atoms with Crippen molar-refractivity contribution in [2.45, 2.75) is 12.1 Å². The lowest BCUT2D eigenvalue weighted by molar-refractivity contribution is -0.113. The number of thioether (sulfide) groups is 1. The number of aromatic nitrogens is 4. The molecule has 0 aliphatic heterocycles. The van der Waals surface area contributed by atoms with E-state index in [1.165, 1.54) is 4.68 Å². The smallest absolute Gasteiger partial charge is 0.234 e. The molecule has 1 N–H and O–H groups in total. The minimum atomic E-state index is -1.65. The Morgan fingerprint density at radius 2 is 1.96 bits per heavy atom. The molecule has 3 rings (SSSR count). The van der Waals surface area contributed by atoms with Crippen LogP contribution in [-0.2, 0) is 4.79 Å². The van der Waals surface area contributed by atoms with Crippen LogP contribution >= 0.6 is 11.8 Å². The molecule has 11 heteroatoms. The van der Waals surface area contributed by atoms with Crippen molar-refractivity contribution in [2.24, 2.45) is 0 Å². The van der Waals surface area contributed by atoms with Gasteiger partial charge in [0.1, 0.15) is 11.4 Å². The maximum absolute atomic E-state index is 13.7. The summed E-state index contributed by atoms with van der Waals surface area (Å²) in [7, 11) is 0. The summed E-state index contributed by atoms with van der Waals surface area (Å²) in [6.45, 7) is 2.29. The van der Waals surface area contributed by atoms with Crippen LogP contribution in [0.2, 0.25) is 0 Å². The van der Waals surface area contributed by atoms with E-state index in [0.717, 1.165) is 23.9 Å². The van der Waals surface area contributed by atoms with Gasteiger partial charge in [0.05, 0.1) is 18.0 Å². The number of nitrogens with zero attached hydrogens (tertiary/aromatic N) is 4. The van der Waals surface area contributed by atoms with E-state index in [1.807, 2.05) is 6.92 Å². The Bertz CT molecular complexity index is 999. The van der Waals surface area contributed by atoms with E-state index in [-0.39, 0.29) is 5.75 Å². The Hall–Kier alpha value is -3.08. The van der Waals surface area contributed by atoms with Crippen molar-refractivity contribution in [2.75, 3.05) is 17.7 Å². The number of hydrogen-bond acceptors (Lipinski definition) is 6. The maximum Gasteiger partial charge on any atom is 0.234 e. The molecule has 2 aromatic carbocycles. The number of carbonyl (C=O) groups excluding carboxylic acids is 1. The first kappa shape index (κ1) is 19.7. The van der Waals surface area contributed by atoms with Crippen LogP contribution < -0.4 is 10.1 Å². The summed E-state index contributed by atoms with van der Waals surface area (Å²) in [5.74, 6) is -4.71. The highest BCUT2D eigenvalue weighted by Crippen LogP contribution is 2.26. The molecule has 28 heavy (non-hydrogen) atoms. The van der Waals surface area contributed by atoms with Gasteiger partial charge in [-0.25, -0.2) is 13.2 Å². The first-order valence-corrected chi connectivity index (χ1v) is 9.06. The third-order valence-corrected chi connectivity index (χ3v) is 4.40. The normalized spacial score (nSPS) is 10.7. The van der Waals surface area contributed by atoms with Crippen molar-refractivity contribution in [3.63, 3.8) is 0 Å². The summed E-state index contributed by atoms with van der Waals surface area (Å²) in [5.41, 5.74) is 0.134. The molecule has 1 heterocycles. The number of halogens is 3. The van der Waals surface area contributed by atoms with Gasteiger partial charge in [0, 0.05) is 0 Å². The van der Waals surface area contributed by atoms with Crippen molar-refractivity contribution in [3.05, 3.63) is 53.8 Å². The Labute approximate surface area is 161 Å². The van der Waals surface area contributed by atoms with E-state index in [4.69, 9.17) is 4.74 Å². The molecule has 0 spiro atoms.